The van der Waals surface area contributed by atoms with Gasteiger partial charge in [-0.3, -0.25) is 4.79 Å². The maximum Gasteiger partial charge on any atom is 0.228 e. The van der Waals surface area contributed by atoms with Gasteiger partial charge in [-0.2, -0.15) is 0 Å². The number of β-lactam (4-membered cyclic amide) rings is 1. The van der Waals surface area contributed by atoms with Crippen LogP contribution in [0.2, 0.25) is 0 Å². The zero-order valence-electron chi connectivity index (χ0n) is 7.79. The number of hydrogen-bond donors (Lipinski definition) is 0. The van der Waals surface area contributed by atoms with Crippen molar-refractivity contribution in [2.75, 3.05) is 0 Å². The molecular formula is C9H17NO. The van der Waals surface area contributed by atoms with E-state index in [1.165, 1.54) is 0 Å². The molecule has 1 rings (SSSR count). The van der Waals surface area contributed by atoms with Gasteiger partial charge >= 0.3 is 0 Å². The van der Waals surface area contributed by atoms with Crippen LogP contribution in [-0.2, 0) is 4.79 Å². The fourth-order valence-corrected chi connectivity index (χ4v) is 1.95. The summed E-state index contributed by atoms with van der Waals surface area (Å²) in [5, 5.41) is 0. The molecule has 0 saturated carbocycles. The van der Waals surface area contributed by atoms with Gasteiger partial charge in [-0.25, -0.2) is 0 Å². The number of likely N-dealkylation sites (tertiary alicyclic amines) is 1. The summed E-state index contributed by atoms with van der Waals surface area (Å²) >= 11 is 0. The first-order valence-electron chi connectivity index (χ1n) is 4.41. The monoisotopic (exact) mass is 155 g/mol. The lowest BCUT2D eigenvalue weighted by atomic mass is 9.85. The van der Waals surface area contributed by atoms with Crippen molar-refractivity contribution in [3.8, 4) is 0 Å². The highest BCUT2D eigenvalue weighted by atomic mass is 16.2. The Bertz CT molecular complexity index is 165. The van der Waals surface area contributed by atoms with Gasteiger partial charge in [0.15, 0.2) is 0 Å². The summed E-state index contributed by atoms with van der Waals surface area (Å²) in [5.41, 5.74) is 0. The maximum atomic E-state index is 11.4. The first kappa shape index (κ1) is 8.57. The normalized spacial score (nSPS) is 31.0. The van der Waals surface area contributed by atoms with Gasteiger partial charge in [0.25, 0.3) is 0 Å². The standard InChI is InChI=1S/C9H17NO/c1-5-8-7(4)10(6(2)3)9(8)11/h6-8H,5H2,1-4H3. The van der Waals surface area contributed by atoms with Crippen molar-refractivity contribution in [1.82, 2.24) is 4.90 Å². The molecule has 2 unspecified atom stereocenters. The Morgan fingerprint density at radius 2 is 2.09 bits per heavy atom. The van der Waals surface area contributed by atoms with E-state index in [-0.39, 0.29) is 0 Å². The van der Waals surface area contributed by atoms with E-state index in [9.17, 15) is 4.79 Å². The smallest absolute Gasteiger partial charge is 0.228 e. The maximum absolute atomic E-state index is 11.4. The third kappa shape index (κ3) is 1.15. The summed E-state index contributed by atoms with van der Waals surface area (Å²) in [4.78, 5) is 13.3. The van der Waals surface area contributed by atoms with Gasteiger partial charge in [-0.1, -0.05) is 6.92 Å². The SMILES string of the molecule is CCC1C(=O)N(C(C)C)C1C. The van der Waals surface area contributed by atoms with Gasteiger partial charge in [0.2, 0.25) is 5.91 Å². The zero-order valence-corrected chi connectivity index (χ0v) is 7.79. The van der Waals surface area contributed by atoms with E-state index >= 15 is 0 Å². The van der Waals surface area contributed by atoms with E-state index in [2.05, 4.69) is 27.7 Å². The van der Waals surface area contributed by atoms with Crippen LogP contribution in [-0.4, -0.2) is 22.9 Å². The Hall–Kier alpha value is -0.530. The zero-order chi connectivity index (χ0) is 8.59. The Kier molecular flexibility index (Phi) is 2.21. The summed E-state index contributed by atoms with van der Waals surface area (Å²) in [6, 6.07) is 0.841. The molecule has 2 nitrogen and oxygen atoms in total. The molecule has 0 radical (unpaired) electrons. The third-order valence-corrected chi connectivity index (χ3v) is 2.59. The van der Waals surface area contributed by atoms with Crippen LogP contribution in [0.15, 0.2) is 0 Å². The van der Waals surface area contributed by atoms with Crippen LogP contribution in [0.4, 0.5) is 0 Å². The van der Waals surface area contributed by atoms with Crippen molar-refractivity contribution in [3.63, 3.8) is 0 Å². The van der Waals surface area contributed by atoms with Crippen molar-refractivity contribution in [1.29, 1.82) is 0 Å². The predicted molar refractivity (Wildman–Crippen MR) is 45.2 cm³/mol. The van der Waals surface area contributed by atoms with Crippen LogP contribution in [0.3, 0.4) is 0 Å². The van der Waals surface area contributed by atoms with E-state index in [0.717, 1.165) is 6.42 Å². The second-order valence-electron chi connectivity index (χ2n) is 3.59. The molecule has 1 saturated heterocycles. The Morgan fingerprint density at radius 3 is 2.36 bits per heavy atom. The molecule has 0 aromatic carbocycles. The Morgan fingerprint density at radius 1 is 1.55 bits per heavy atom. The van der Waals surface area contributed by atoms with Crippen molar-refractivity contribution >= 4 is 5.91 Å². The number of hydrogen-bond acceptors (Lipinski definition) is 1. The minimum atomic E-state index is 0.303. The number of amides is 1. The molecule has 0 aromatic heterocycles. The second kappa shape index (κ2) is 2.84. The number of carbonyl (C=O) groups excluding carboxylic acids is 1. The molecule has 0 N–H and O–H groups in total. The lowest BCUT2D eigenvalue weighted by Gasteiger charge is -2.47. The first-order valence-corrected chi connectivity index (χ1v) is 4.41. The summed E-state index contributed by atoms with van der Waals surface area (Å²) < 4.78 is 0. The number of rotatable bonds is 2. The molecule has 1 heterocycles. The van der Waals surface area contributed by atoms with E-state index in [0.29, 0.717) is 23.9 Å². The fourth-order valence-electron chi connectivity index (χ4n) is 1.95. The van der Waals surface area contributed by atoms with E-state index in [4.69, 9.17) is 0 Å². The average molecular weight is 155 g/mol. The number of nitrogens with zero attached hydrogens (tertiary/aromatic N) is 1. The van der Waals surface area contributed by atoms with Crippen LogP contribution in [0.1, 0.15) is 34.1 Å². The highest BCUT2D eigenvalue weighted by molar-refractivity contribution is 5.86. The lowest BCUT2D eigenvalue weighted by Crippen LogP contribution is -2.61. The quantitative estimate of drug-likeness (QED) is 0.555. The van der Waals surface area contributed by atoms with Gasteiger partial charge in [-0.05, 0) is 27.2 Å². The summed E-state index contributed by atoms with van der Waals surface area (Å²) in [6.07, 6.45) is 0.989. The molecule has 2 atom stereocenters. The van der Waals surface area contributed by atoms with Gasteiger partial charge < -0.3 is 4.90 Å². The molecule has 11 heavy (non-hydrogen) atoms. The summed E-state index contributed by atoms with van der Waals surface area (Å²) in [7, 11) is 0. The third-order valence-electron chi connectivity index (χ3n) is 2.59. The topological polar surface area (TPSA) is 20.3 Å². The van der Waals surface area contributed by atoms with Gasteiger partial charge in [0.05, 0.1) is 5.92 Å². The highest BCUT2D eigenvalue weighted by Crippen LogP contribution is 2.30. The molecular weight excluding hydrogens is 138 g/mol. The first-order chi connectivity index (χ1) is 5.09. The van der Waals surface area contributed by atoms with E-state index < -0.39 is 0 Å². The van der Waals surface area contributed by atoms with Crippen LogP contribution < -0.4 is 0 Å². The molecule has 0 aliphatic carbocycles. The summed E-state index contributed by atoms with van der Waals surface area (Å²) in [6.45, 7) is 8.35. The summed E-state index contributed by atoms with van der Waals surface area (Å²) in [5.74, 6) is 0.646. The lowest BCUT2D eigenvalue weighted by molar-refractivity contribution is -0.158. The van der Waals surface area contributed by atoms with Gasteiger partial charge in [-0.15, -0.1) is 0 Å². The average Bonchev–Trinajstić information content (AvgIpc) is 1.87. The number of carbonyl (C=O) groups is 1. The van der Waals surface area contributed by atoms with Gasteiger partial charge in [0, 0.05) is 12.1 Å². The molecule has 0 spiro atoms. The molecule has 1 aliphatic heterocycles. The Balaban J connectivity index is 2.57. The van der Waals surface area contributed by atoms with Crippen molar-refractivity contribution < 1.29 is 4.79 Å². The van der Waals surface area contributed by atoms with Crippen molar-refractivity contribution in [3.05, 3.63) is 0 Å². The van der Waals surface area contributed by atoms with Gasteiger partial charge in [0.1, 0.15) is 0 Å². The van der Waals surface area contributed by atoms with Crippen molar-refractivity contribution in [2.24, 2.45) is 5.92 Å². The highest BCUT2D eigenvalue weighted by Gasteiger charge is 2.43. The minimum Gasteiger partial charge on any atom is -0.336 e. The van der Waals surface area contributed by atoms with E-state index in [1.807, 2.05) is 4.90 Å². The van der Waals surface area contributed by atoms with Crippen LogP contribution in [0.5, 0.6) is 0 Å². The molecule has 0 aromatic rings. The molecule has 0 bridgehead atoms. The Labute approximate surface area is 68.6 Å². The second-order valence-corrected chi connectivity index (χ2v) is 3.59. The fraction of sp³-hybridized carbons (Fsp3) is 0.889. The molecule has 1 fully saturated rings. The predicted octanol–water partition coefficient (Wildman–Crippen LogP) is 1.65. The largest absolute Gasteiger partial charge is 0.336 e. The minimum absolute atomic E-state index is 0.303. The molecule has 2 heteroatoms. The van der Waals surface area contributed by atoms with Crippen molar-refractivity contribution in [2.45, 2.75) is 46.2 Å². The van der Waals surface area contributed by atoms with Crippen LogP contribution >= 0.6 is 0 Å². The van der Waals surface area contributed by atoms with E-state index in [1.54, 1.807) is 0 Å². The van der Waals surface area contributed by atoms with Crippen LogP contribution in [0, 0.1) is 5.92 Å². The molecule has 64 valence electrons. The molecule has 1 aliphatic rings. The molecule has 1 amide bonds. The van der Waals surface area contributed by atoms with Crippen LogP contribution in [0.25, 0.3) is 0 Å².